The van der Waals surface area contributed by atoms with Crippen LogP contribution in [0, 0.1) is 13.7 Å². The van der Waals surface area contributed by atoms with Gasteiger partial charge in [0.2, 0.25) is 0 Å². The Hall–Kier alpha value is -1.22. The van der Waals surface area contributed by atoms with Crippen LogP contribution < -0.4 is 5.32 Å². The monoisotopic (exact) mass is 404 g/mol. The molecule has 0 heterocycles. The number of hydrogen-bond donors (Lipinski definition) is 2. The molecule has 114 valence electrons. The number of nitrogens with zero attached hydrogens (tertiary/aromatic N) is 1. The largest absolute Gasteiger partial charge is 0.394 e. The maximum absolute atomic E-state index is 12.4. The van der Waals surface area contributed by atoms with E-state index in [0.29, 0.717) is 3.57 Å². The third-order valence-corrected chi connectivity index (χ3v) is 4.84. The van der Waals surface area contributed by atoms with Gasteiger partial charge in [0.1, 0.15) is 0 Å². The van der Waals surface area contributed by atoms with E-state index in [9.17, 15) is 20.0 Å². The van der Waals surface area contributed by atoms with Crippen LogP contribution in [-0.4, -0.2) is 28.1 Å². The first-order chi connectivity index (χ1) is 9.97. The number of hydrogen-bond acceptors (Lipinski definition) is 4. The van der Waals surface area contributed by atoms with Crippen molar-refractivity contribution in [2.75, 3.05) is 6.61 Å². The molecule has 0 spiro atoms. The normalized spacial score (nSPS) is 17.2. The van der Waals surface area contributed by atoms with Crippen molar-refractivity contribution in [3.63, 3.8) is 0 Å². The van der Waals surface area contributed by atoms with Crippen molar-refractivity contribution in [1.82, 2.24) is 5.32 Å². The number of non-ortho nitro benzene ring substituents is 1. The lowest BCUT2D eigenvalue weighted by molar-refractivity contribution is -0.384. The molecule has 0 radical (unpaired) electrons. The van der Waals surface area contributed by atoms with Gasteiger partial charge < -0.3 is 10.4 Å². The minimum absolute atomic E-state index is 0.107. The van der Waals surface area contributed by atoms with Gasteiger partial charge in [0.05, 0.1) is 22.6 Å². The minimum Gasteiger partial charge on any atom is -0.394 e. The molecule has 21 heavy (non-hydrogen) atoms. The molecule has 2 N–H and O–H groups in total. The second-order valence-corrected chi connectivity index (χ2v) is 6.54. The van der Waals surface area contributed by atoms with E-state index in [0.717, 1.165) is 32.1 Å². The predicted octanol–water partition coefficient (Wildman–Crippen LogP) is 2.62. The lowest BCUT2D eigenvalue weighted by atomic mass is 9.82. The van der Waals surface area contributed by atoms with E-state index in [1.807, 2.05) is 22.6 Å². The second kappa shape index (κ2) is 6.69. The number of benzene rings is 1. The summed E-state index contributed by atoms with van der Waals surface area (Å²) in [6.45, 7) is -0.107. The van der Waals surface area contributed by atoms with Gasteiger partial charge in [-0.3, -0.25) is 14.9 Å². The van der Waals surface area contributed by atoms with Crippen LogP contribution in [-0.2, 0) is 0 Å². The smallest absolute Gasteiger partial charge is 0.270 e. The quantitative estimate of drug-likeness (QED) is 0.459. The van der Waals surface area contributed by atoms with Gasteiger partial charge in [-0.2, -0.15) is 0 Å². The van der Waals surface area contributed by atoms with E-state index in [1.165, 1.54) is 12.1 Å². The molecule has 1 amide bonds. The Morgan fingerprint density at radius 3 is 2.62 bits per heavy atom. The Labute approximate surface area is 136 Å². The Balaban J connectivity index is 2.23. The number of aliphatic hydroxyl groups excluding tert-OH is 1. The molecule has 0 unspecified atom stereocenters. The second-order valence-electron chi connectivity index (χ2n) is 5.37. The Morgan fingerprint density at radius 2 is 2.05 bits per heavy atom. The number of carbonyl (C=O) groups is 1. The molecule has 0 aliphatic heterocycles. The molecule has 2 rings (SSSR count). The fourth-order valence-electron chi connectivity index (χ4n) is 2.66. The van der Waals surface area contributed by atoms with Gasteiger partial charge in [-0.15, -0.1) is 0 Å². The molecule has 7 heteroatoms. The number of nitrogens with one attached hydrogen (secondary N) is 1. The van der Waals surface area contributed by atoms with Gasteiger partial charge >= 0.3 is 0 Å². The summed E-state index contributed by atoms with van der Waals surface area (Å²) in [6.07, 6.45) is 4.51. The number of carbonyl (C=O) groups excluding carboxylic acids is 1. The summed E-state index contributed by atoms with van der Waals surface area (Å²) in [6, 6.07) is 4.21. The number of nitro groups is 1. The third-order valence-electron chi connectivity index (χ3n) is 3.90. The van der Waals surface area contributed by atoms with Crippen LogP contribution in [0.2, 0.25) is 0 Å². The van der Waals surface area contributed by atoms with E-state index in [1.54, 1.807) is 6.07 Å². The van der Waals surface area contributed by atoms with Crippen LogP contribution in [0.1, 0.15) is 42.5 Å². The lowest BCUT2D eigenvalue weighted by Crippen LogP contribution is -2.52. The molecule has 1 aliphatic rings. The Morgan fingerprint density at radius 1 is 1.38 bits per heavy atom. The maximum Gasteiger partial charge on any atom is 0.270 e. The van der Waals surface area contributed by atoms with E-state index < -0.39 is 10.5 Å². The van der Waals surface area contributed by atoms with Crippen LogP contribution in [0.3, 0.4) is 0 Å². The van der Waals surface area contributed by atoms with Crippen LogP contribution in [0.25, 0.3) is 0 Å². The van der Waals surface area contributed by atoms with Gasteiger partial charge in [0.25, 0.3) is 11.6 Å². The summed E-state index contributed by atoms with van der Waals surface area (Å²) in [5, 5.41) is 23.3. The first-order valence-electron chi connectivity index (χ1n) is 6.85. The highest BCUT2D eigenvalue weighted by atomic mass is 127. The van der Waals surface area contributed by atoms with E-state index >= 15 is 0 Å². The SMILES string of the molecule is O=C(NC1(CO)CCCCC1)c1cc([N+](=O)[O-])ccc1I. The van der Waals surface area contributed by atoms with Crippen LogP contribution in [0.15, 0.2) is 18.2 Å². The van der Waals surface area contributed by atoms with Crippen molar-refractivity contribution in [2.45, 2.75) is 37.6 Å². The topological polar surface area (TPSA) is 92.5 Å². The highest BCUT2D eigenvalue weighted by Crippen LogP contribution is 2.29. The van der Waals surface area contributed by atoms with Crippen LogP contribution >= 0.6 is 22.6 Å². The zero-order valence-electron chi connectivity index (χ0n) is 11.5. The average molecular weight is 404 g/mol. The molecule has 1 aromatic carbocycles. The summed E-state index contributed by atoms with van der Waals surface area (Å²) in [7, 11) is 0. The van der Waals surface area contributed by atoms with Crippen LogP contribution in [0.5, 0.6) is 0 Å². The summed E-state index contributed by atoms with van der Waals surface area (Å²) < 4.78 is 0.652. The standard InChI is InChI=1S/C14H17IN2O4/c15-12-5-4-10(17(20)21)8-11(12)13(19)16-14(9-18)6-2-1-3-7-14/h4-5,8,18H,1-3,6-7,9H2,(H,16,19). The molecule has 1 aliphatic carbocycles. The van der Waals surface area contributed by atoms with Gasteiger partial charge in [-0.1, -0.05) is 19.3 Å². The minimum atomic E-state index is -0.594. The molecular weight excluding hydrogens is 387 g/mol. The highest BCUT2D eigenvalue weighted by molar-refractivity contribution is 14.1. The zero-order chi connectivity index (χ0) is 15.5. The van der Waals surface area contributed by atoms with Gasteiger partial charge in [0.15, 0.2) is 0 Å². The molecule has 0 bridgehead atoms. The average Bonchev–Trinajstić information content (AvgIpc) is 2.48. The zero-order valence-corrected chi connectivity index (χ0v) is 13.6. The molecule has 1 saturated carbocycles. The molecule has 0 saturated heterocycles. The fraction of sp³-hybridized carbons (Fsp3) is 0.500. The van der Waals surface area contributed by atoms with E-state index in [-0.39, 0.29) is 23.8 Å². The van der Waals surface area contributed by atoms with Crippen molar-refractivity contribution in [3.8, 4) is 0 Å². The van der Waals surface area contributed by atoms with Gasteiger partial charge in [-0.05, 0) is 41.5 Å². The van der Waals surface area contributed by atoms with E-state index in [2.05, 4.69) is 5.32 Å². The molecule has 0 aromatic heterocycles. The summed E-state index contributed by atoms with van der Waals surface area (Å²) in [5.74, 6) is -0.362. The fourth-order valence-corrected chi connectivity index (χ4v) is 3.24. The summed E-state index contributed by atoms with van der Waals surface area (Å²) in [5.41, 5.74) is -0.422. The summed E-state index contributed by atoms with van der Waals surface area (Å²) in [4.78, 5) is 22.7. The van der Waals surface area contributed by atoms with Crippen molar-refractivity contribution < 1.29 is 14.8 Å². The number of aliphatic hydroxyl groups is 1. The Bertz CT molecular complexity index is 556. The van der Waals surface area contributed by atoms with E-state index in [4.69, 9.17) is 0 Å². The molecule has 6 nitrogen and oxygen atoms in total. The maximum atomic E-state index is 12.4. The Kier molecular flexibility index (Phi) is 5.15. The van der Waals surface area contributed by atoms with Crippen molar-refractivity contribution in [3.05, 3.63) is 37.4 Å². The molecule has 1 fully saturated rings. The first kappa shape index (κ1) is 16.2. The first-order valence-corrected chi connectivity index (χ1v) is 7.93. The van der Waals surface area contributed by atoms with Gasteiger partial charge in [-0.25, -0.2) is 0 Å². The molecule has 1 aromatic rings. The van der Waals surface area contributed by atoms with Crippen molar-refractivity contribution >= 4 is 34.2 Å². The van der Waals surface area contributed by atoms with Crippen LogP contribution in [0.4, 0.5) is 5.69 Å². The molecular formula is C14H17IN2O4. The third kappa shape index (κ3) is 3.70. The number of nitro benzene ring substituents is 1. The number of amides is 1. The summed E-state index contributed by atoms with van der Waals surface area (Å²) >= 11 is 1.98. The molecule has 0 atom stereocenters. The van der Waals surface area contributed by atoms with Gasteiger partial charge in [0, 0.05) is 15.7 Å². The predicted molar refractivity (Wildman–Crippen MR) is 86.2 cm³/mol. The lowest BCUT2D eigenvalue weighted by Gasteiger charge is -2.36. The number of rotatable bonds is 4. The number of halogens is 1. The highest BCUT2D eigenvalue weighted by Gasteiger charge is 2.33. The van der Waals surface area contributed by atoms with Crippen molar-refractivity contribution in [1.29, 1.82) is 0 Å². The van der Waals surface area contributed by atoms with Crippen molar-refractivity contribution in [2.24, 2.45) is 0 Å².